The van der Waals surface area contributed by atoms with E-state index in [-0.39, 0.29) is 18.4 Å². The van der Waals surface area contributed by atoms with Gasteiger partial charge < -0.3 is 19.7 Å². The lowest BCUT2D eigenvalue weighted by Crippen LogP contribution is -2.43. The van der Waals surface area contributed by atoms with E-state index in [1.165, 1.54) is 0 Å². The topological polar surface area (TPSA) is 71.1 Å². The Kier molecular flexibility index (Phi) is 6.08. The van der Waals surface area contributed by atoms with Gasteiger partial charge in [-0.05, 0) is 55.3 Å². The standard InChI is InChI=1S/C27H27N3O4/c1-33-20-14-12-19(13-15-20)30-26(28-23-10-4-2-8-21(23)27(30)32)22-9-3-5-11-24(22)34-18-25(31)29-16-6-7-17-29/h2-5,8-15,26,28H,6-7,16-18H2,1H3/t26-/m1/s1. The summed E-state index contributed by atoms with van der Waals surface area (Å²) in [6.45, 7) is 1.53. The number of methoxy groups -OCH3 is 1. The summed E-state index contributed by atoms with van der Waals surface area (Å²) in [6.07, 6.45) is 1.55. The van der Waals surface area contributed by atoms with E-state index < -0.39 is 6.17 Å². The van der Waals surface area contributed by atoms with Gasteiger partial charge in [0.25, 0.3) is 11.8 Å². The molecule has 0 aliphatic carbocycles. The molecule has 7 heteroatoms. The van der Waals surface area contributed by atoms with Crippen molar-refractivity contribution in [3.8, 4) is 11.5 Å². The number of anilines is 2. The van der Waals surface area contributed by atoms with Crippen LogP contribution in [0.5, 0.6) is 11.5 Å². The normalized spacial score (nSPS) is 17.2. The molecule has 2 heterocycles. The molecule has 0 spiro atoms. The van der Waals surface area contributed by atoms with Gasteiger partial charge in [-0.1, -0.05) is 30.3 Å². The van der Waals surface area contributed by atoms with Crippen LogP contribution in [0, 0.1) is 0 Å². The predicted molar refractivity (Wildman–Crippen MR) is 130 cm³/mol. The minimum Gasteiger partial charge on any atom is -0.497 e. The van der Waals surface area contributed by atoms with Crippen molar-refractivity contribution in [1.29, 1.82) is 0 Å². The number of likely N-dealkylation sites (tertiary alicyclic amines) is 1. The van der Waals surface area contributed by atoms with E-state index in [0.717, 1.165) is 42.9 Å². The van der Waals surface area contributed by atoms with Crippen LogP contribution >= 0.6 is 0 Å². The van der Waals surface area contributed by atoms with Crippen LogP contribution in [0.2, 0.25) is 0 Å². The van der Waals surface area contributed by atoms with Gasteiger partial charge >= 0.3 is 0 Å². The maximum Gasteiger partial charge on any atom is 0.262 e. The van der Waals surface area contributed by atoms with Crippen molar-refractivity contribution < 1.29 is 19.1 Å². The highest BCUT2D eigenvalue weighted by molar-refractivity contribution is 6.12. The third-order valence-electron chi connectivity index (χ3n) is 6.30. The van der Waals surface area contributed by atoms with E-state index in [1.807, 2.05) is 77.7 Å². The van der Waals surface area contributed by atoms with Gasteiger partial charge in [0.05, 0.1) is 12.7 Å². The Morgan fingerprint density at radius 3 is 2.44 bits per heavy atom. The van der Waals surface area contributed by atoms with E-state index in [9.17, 15) is 9.59 Å². The quantitative estimate of drug-likeness (QED) is 0.592. The maximum atomic E-state index is 13.7. The van der Waals surface area contributed by atoms with Crippen LogP contribution in [0.1, 0.15) is 34.9 Å². The van der Waals surface area contributed by atoms with Crippen molar-refractivity contribution >= 4 is 23.2 Å². The summed E-state index contributed by atoms with van der Waals surface area (Å²) in [5.74, 6) is 1.14. The number of amides is 2. The third kappa shape index (κ3) is 4.17. The number of carbonyl (C=O) groups excluding carboxylic acids is 2. The molecule has 174 valence electrons. The molecule has 0 radical (unpaired) electrons. The van der Waals surface area contributed by atoms with Crippen LogP contribution in [0.4, 0.5) is 11.4 Å². The molecule has 3 aromatic rings. The molecule has 1 saturated heterocycles. The molecule has 7 nitrogen and oxygen atoms in total. The fourth-order valence-corrected chi connectivity index (χ4v) is 4.52. The van der Waals surface area contributed by atoms with Crippen LogP contribution in [0.15, 0.2) is 72.8 Å². The summed E-state index contributed by atoms with van der Waals surface area (Å²) >= 11 is 0. The second-order valence-corrected chi connectivity index (χ2v) is 8.38. The average molecular weight is 458 g/mol. The highest BCUT2D eigenvalue weighted by atomic mass is 16.5. The fourth-order valence-electron chi connectivity index (χ4n) is 4.52. The zero-order valence-corrected chi connectivity index (χ0v) is 19.1. The molecule has 2 aliphatic rings. The van der Waals surface area contributed by atoms with Crippen molar-refractivity contribution in [2.24, 2.45) is 0 Å². The fraction of sp³-hybridized carbons (Fsp3) is 0.259. The Labute approximate surface area is 198 Å². The first-order valence-corrected chi connectivity index (χ1v) is 11.5. The molecule has 3 aromatic carbocycles. The molecule has 0 bridgehead atoms. The number of nitrogens with zero attached hydrogens (tertiary/aromatic N) is 2. The molecule has 0 unspecified atom stereocenters. The minimum atomic E-state index is -0.520. The number of hydrogen-bond donors (Lipinski definition) is 1. The van der Waals surface area contributed by atoms with Gasteiger partial charge in [-0.3, -0.25) is 14.5 Å². The van der Waals surface area contributed by atoms with Crippen molar-refractivity contribution in [3.63, 3.8) is 0 Å². The Balaban J connectivity index is 1.50. The van der Waals surface area contributed by atoms with E-state index in [2.05, 4.69) is 5.32 Å². The summed E-state index contributed by atoms with van der Waals surface area (Å²) in [5.41, 5.74) is 2.85. The van der Waals surface area contributed by atoms with Crippen LogP contribution in [-0.2, 0) is 4.79 Å². The first kappa shape index (κ1) is 21.8. The van der Waals surface area contributed by atoms with Crippen LogP contribution in [0.25, 0.3) is 0 Å². The molecule has 5 rings (SSSR count). The Bertz CT molecular complexity index is 1190. The molecule has 1 N–H and O–H groups in total. The highest BCUT2D eigenvalue weighted by Crippen LogP contribution is 2.39. The number of ether oxygens (including phenoxy) is 2. The number of nitrogens with one attached hydrogen (secondary N) is 1. The Hall–Kier alpha value is -4.00. The number of fused-ring (bicyclic) bond motifs is 1. The SMILES string of the molecule is COc1ccc(N2C(=O)c3ccccc3N[C@H]2c2ccccc2OCC(=O)N2CCCC2)cc1. The molecule has 0 saturated carbocycles. The Morgan fingerprint density at radius 2 is 1.68 bits per heavy atom. The maximum absolute atomic E-state index is 13.7. The van der Waals surface area contributed by atoms with Crippen molar-refractivity contribution in [2.75, 3.05) is 37.0 Å². The molecule has 1 fully saturated rings. The molecule has 2 amide bonds. The zero-order valence-electron chi connectivity index (χ0n) is 19.1. The second-order valence-electron chi connectivity index (χ2n) is 8.38. The summed E-state index contributed by atoms with van der Waals surface area (Å²) in [6, 6.07) is 22.4. The largest absolute Gasteiger partial charge is 0.497 e. The summed E-state index contributed by atoms with van der Waals surface area (Å²) in [4.78, 5) is 29.8. The molecule has 1 atom stereocenters. The van der Waals surface area contributed by atoms with Crippen molar-refractivity contribution in [2.45, 2.75) is 19.0 Å². The molecule has 34 heavy (non-hydrogen) atoms. The first-order chi connectivity index (χ1) is 16.7. The zero-order chi connectivity index (χ0) is 23.5. The highest BCUT2D eigenvalue weighted by Gasteiger charge is 2.35. The minimum absolute atomic E-state index is 0.0164. The van der Waals surface area contributed by atoms with Crippen molar-refractivity contribution in [1.82, 2.24) is 4.90 Å². The average Bonchev–Trinajstić information content (AvgIpc) is 3.43. The van der Waals surface area contributed by atoms with Crippen LogP contribution in [0.3, 0.4) is 0 Å². The number of benzene rings is 3. The van der Waals surface area contributed by atoms with Gasteiger partial charge in [-0.15, -0.1) is 0 Å². The van der Waals surface area contributed by atoms with Crippen molar-refractivity contribution in [3.05, 3.63) is 83.9 Å². The summed E-state index contributed by atoms with van der Waals surface area (Å²) < 4.78 is 11.3. The van der Waals surface area contributed by atoms with Crippen LogP contribution in [-0.4, -0.2) is 43.5 Å². The Morgan fingerprint density at radius 1 is 0.971 bits per heavy atom. The van der Waals surface area contributed by atoms with Gasteiger partial charge in [0.2, 0.25) is 0 Å². The van der Waals surface area contributed by atoms with E-state index >= 15 is 0 Å². The number of hydrogen-bond acceptors (Lipinski definition) is 5. The smallest absolute Gasteiger partial charge is 0.262 e. The van der Waals surface area contributed by atoms with E-state index in [1.54, 1.807) is 12.0 Å². The lowest BCUT2D eigenvalue weighted by atomic mass is 10.0. The van der Waals surface area contributed by atoms with Crippen LogP contribution < -0.4 is 19.7 Å². The third-order valence-corrected chi connectivity index (χ3v) is 6.30. The van der Waals surface area contributed by atoms with E-state index in [0.29, 0.717) is 17.1 Å². The molecular weight excluding hydrogens is 430 g/mol. The first-order valence-electron chi connectivity index (χ1n) is 11.5. The van der Waals surface area contributed by atoms with Gasteiger partial charge in [-0.2, -0.15) is 0 Å². The summed E-state index contributed by atoms with van der Waals surface area (Å²) in [7, 11) is 1.61. The monoisotopic (exact) mass is 457 g/mol. The summed E-state index contributed by atoms with van der Waals surface area (Å²) in [5, 5.41) is 3.50. The second kappa shape index (κ2) is 9.47. The number of para-hydroxylation sites is 2. The lowest BCUT2D eigenvalue weighted by molar-refractivity contribution is -0.132. The van der Waals surface area contributed by atoms with Gasteiger partial charge in [-0.25, -0.2) is 0 Å². The molecule has 2 aliphatic heterocycles. The van der Waals surface area contributed by atoms with Gasteiger partial charge in [0.1, 0.15) is 17.7 Å². The van der Waals surface area contributed by atoms with E-state index in [4.69, 9.17) is 9.47 Å². The van der Waals surface area contributed by atoms with Gasteiger partial charge in [0, 0.05) is 30.0 Å². The number of rotatable bonds is 6. The molecular formula is C27H27N3O4. The van der Waals surface area contributed by atoms with Gasteiger partial charge in [0.15, 0.2) is 6.61 Å². The number of carbonyl (C=O) groups is 2. The molecule has 0 aromatic heterocycles. The predicted octanol–water partition coefficient (Wildman–Crippen LogP) is 4.47. The lowest BCUT2D eigenvalue weighted by Gasteiger charge is -2.38.